The molecule has 2 nitrogen and oxygen atoms in total. The summed E-state index contributed by atoms with van der Waals surface area (Å²) in [6.07, 6.45) is 1.15. The molecule has 0 radical (unpaired) electrons. The topological polar surface area (TPSA) is 52.0 Å². The van der Waals surface area contributed by atoms with Crippen LogP contribution < -0.4 is 11.5 Å². The number of nitrogens with two attached hydrogens (primary N) is 2. The Kier molecular flexibility index (Phi) is 43.3. The lowest BCUT2D eigenvalue weighted by molar-refractivity contribution is 0.403. The second kappa shape index (κ2) is 39.5. The van der Waals surface area contributed by atoms with Gasteiger partial charge < -0.3 is 11.5 Å². The molecule has 1 aromatic carbocycles. The van der Waals surface area contributed by atoms with Crippen molar-refractivity contribution in [2.75, 3.05) is 11.5 Å². The molecule has 1 aromatic rings. The molecule has 2 rings (SSSR count). The van der Waals surface area contributed by atoms with Gasteiger partial charge in [-0.05, 0) is 40.5 Å². The fourth-order valence-electron chi connectivity index (χ4n) is 3.42. The van der Waals surface area contributed by atoms with Crippen LogP contribution in [0, 0.1) is 0 Å². The Hall–Kier alpha value is 6.96. The monoisotopic (exact) mass is 1390 g/mol. The summed E-state index contributed by atoms with van der Waals surface area (Å²) >= 11 is 9.60. The number of hydrogen-bond donors (Lipinski definition) is 2. The van der Waals surface area contributed by atoms with Crippen molar-refractivity contribution in [2.24, 2.45) is 0 Å². The fraction of sp³-hybridized carbons (Fsp3) is 0.538. The summed E-state index contributed by atoms with van der Waals surface area (Å²) < 4.78 is 0. The average molecular weight is 1390 g/mol. The standard InChI is InChI=1S/C13H20N2.S37/c1-12(2)7-13(3,4)9-6-11(15)10(14)5-8(9)12;1-3-5-7-9-11-13-15-17-19-21-23-25-27-29-31-33-35-37-36-34-32-30-28-26-24-22-20-18-16-14-12-10-8-6-4-2/h5-6H,7,14-15H2,1-4H3;. The highest BCUT2D eigenvalue weighted by Gasteiger charge is 2.42. The van der Waals surface area contributed by atoms with Crippen molar-refractivity contribution in [1.29, 1.82) is 0 Å². The summed E-state index contributed by atoms with van der Waals surface area (Å²) in [6, 6.07) is 4.11. The maximum atomic E-state index is 5.88. The largest absolute Gasteiger partial charge is 0.397 e. The molecule has 1 aliphatic rings. The van der Waals surface area contributed by atoms with Gasteiger partial charge in [-0.2, -0.15) is 0 Å². The molecule has 0 unspecified atom stereocenters. The normalized spacial score (nSPS) is 11.6. The third-order valence-electron chi connectivity index (χ3n) is 4.51. The van der Waals surface area contributed by atoms with E-state index in [2.05, 4.69) is 39.8 Å². The molecule has 0 atom stereocenters. The Labute approximate surface area is 414 Å². The number of fused-ring (bicyclic) bond motifs is 1. The van der Waals surface area contributed by atoms with E-state index in [1.165, 1.54) is 28.9 Å². The first-order valence-electron chi connectivity index (χ1n) is 11.4. The number of rotatable bonds is 0. The van der Waals surface area contributed by atoms with E-state index in [0.717, 1.165) is 6.42 Å². The van der Waals surface area contributed by atoms with Crippen LogP contribution in [0.5, 0.6) is 0 Å². The highest BCUT2D eigenvalue weighted by molar-refractivity contribution is 8.80. The van der Waals surface area contributed by atoms with Crippen molar-refractivity contribution in [1.82, 2.24) is 0 Å². The first-order valence-corrected chi connectivity index (χ1v) is 59.4. The van der Waals surface area contributed by atoms with Gasteiger partial charge in [0.15, 0.2) is 0 Å². The van der Waals surface area contributed by atoms with Gasteiger partial charge in [0, 0.05) is 333 Å². The first-order chi connectivity index (χ1) is 25.2. The SMILES string of the molecule is CC1(C)CC(C)(C)c2cc(N)c(N)cc21.S=S=S=S=S=S=S=S=S=S=S=S=S=S=S=S=S=S=S=S=S=S=S=S=S=S=S=S=S=S=S=S=S=S=S=S=S. The smallest absolute Gasteiger partial charge is 0.0550 e. The lowest BCUT2D eigenvalue weighted by atomic mass is 9.82. The zero-order chi connectivity index (χ0) is 38.2. The summed E-state index contributed by atoms with van der Waals surface area (Å²) in [6.45, 7) is 9.10. The van der Waals surface area contributed by atoms with Crippen molar-refractivity contribution < 1.29 is 0 Å². The second-order valence-corrected chi connectivity index (χ2v) is 70.3. The highest BCUT2D eigenvalue weighted by atomic mass is 33.5. The molecule has 52 heavy (non-hydrogen) atoms. The molecule has 4 N–H and O–H groups in total. The zero-order valence-corrected chi connectivity index (χ0v) is 55.3. The molecule has 0 aliphatic heterocycles. The summed E-state index contributed by atoms with van der Waals surface area (Å²) in [5.74, 6) is 0. The van der Waals surface area contributed by atoms with Gasteiger partial charge in [-0.3, -0.25) is 0 Å². The molecule has 0 spiro atoms. The molecule has 1 aliphatic carbocycles. The molecule has 39 heteroatoms. The minimum absolute atomic E-state index is 0.209. The predicted octanol–water partition coefficient (Wildman–Crippen LogP) is 2.72. The molecular weight excluding hydrogens is 1370 g/mol. The third kappa shape index (κ3) is 31.7. The van der Waals surface area contributed by atoms with Crippen molar-refractivity contribution in [3.63, 3.8) is 0 Å². The van der Waals surface area contributed by atoms with E-state index in [1.54, 1.807) is 107 Å². The number of nitrogen functional groups attached to an aromatic ring is 2. The van der Waals surface area contributed by atoms with Crippen LogP contribution in [0.1, 0.15) is 45.2 Å². The molecule has 304 valence electrons. The molecule has 0 saturated heterocycles. The van der Waals surface area contributed by atoms with Gasteiger partial charge >= 0.3 is 0 Å². The zero-order valence-electron chi connectivity index (χ0n) is 25.1. The maximum Gasteiger partial charge on any atom is 0.0550 e. The highest BCUT2D eigenvalue weighted by Crippen LogP contribution is 2.50. The summed E-state index contributed by atoms with van der Waals surface area (Å²) in [5.41, 5.74) is 16.3. The van der Waals surface area contributed by atoms with Crippen LogP contribution in [-0.2, 0) is 344 Å². The number of hydrogen-bond acceptors (Lipinski definition) is 4. The summed E-state index contributed by atoms with van der Waals surface area (Å²) in [4.78, 5) is 0. The van der Waals surface area contributed by atoms with Gasteiger partial charge in [0.05, 0.1) is 11.4 Å². The fourth-order valence-corrected chi connectivity index (χ4v) is 94.0. The minimum atomic E-state index is 0.209. The van der Waals surface area contributed by atoms with Crippen molar-refractivity contribution in [2.45, 2.75) is 44.9 Å². The van der Waals surface area contributed by atoms with E-state index >= 15 is 0 Å². The Morgan fingerprint density at radius 3 is 0.654 bits per heavy atom. The van der Waals surface area contributed by atoms with Crippen molar-refractivity contribution in [3.05, 3.63) is 23.3 Å². The number of anilines is 2. The molecule has 0 bridgehead atoms. The van der Waals surface area contributed by atoms with Crippen LogP contribution in [0.3, 0.4) is 0 Å². The lowest BCUT2D eigenvalue weighted by Gasteiger charge is -2.22. The number of benzene rings is 1. The molecule has 0 aromatic heterocycles. The van der Waals surface area contributed by atoms with Crippen LogP contribution >= 0.6 is 0 Å². The van der Waals surface area contributed by atoms with Gasteiger partial charge in [-0.25, -0.2) is 0 Å². The molecule has 0 saturated carbocycles. The van der Waals surface area contributed by atoms with E-state index in [0.29, 0.717) is 11.4 Å². The maximum absolute atomic E-state index is 5.88. The van der Waals surface area contributed by atoms with Gasteiger partial charge in [-0.1, -0.05) is 27.7 Å². The molecule has 0 amide bonds. The van der Waals surface area contributed by atoms with Gasteiger partial charge in [0.1, 0.15) is 0 Å². The Morgan fingerprint density at radius 1 is 0.346 bits per heavy atom. The molecular formula is C13H20N2S37. The summed E-state index contributed by atoms with van der Waals surface area (Å²) in [7, 11) is 61.9. The average Bonchev–Trinajstić information content (AvgIpc) is 3.29. The van der Waals surface area contributed by atoms with Crippen molar-refractivity contribution in [3.8, 4) is 0 Å². The Morgan fingerprint density at radius 2 is 0.500 bits per heavy atom. The summed E-state index contributed by atoms with van der Waals surface area (Å²) in [5, 5.41) is 0. The van der Waals surface area contributed by atoms with E-state index in [4.69, 9.17) is 33.8 Å². The van der Waals surface area contributed by atoms with E-state index in [-0.39, 0.29) is 10.8 Å². The van der Waals surface area contributed by atoms with E-state index < -0.39 is 0 Å². The Balaban J connectivity index is 0.000000736. The first kappa shape index (κ1) is 57.0. The quantitative estimate of drug-likeness (QED) is 0.394. The van der Waals surface area contributed by atoms with Crippen LogP contribution in [0.25, 0.3) is 0 Å². The Bertz CT molecular complexity index is 2900. The third-order valence-corrected chi connectivity index (χ3v) is 80.1. The minimum Gasteiger partial charge on any atom is -0.397 e. The van der Waals surface area contributed by atoms with E-state index in [9.17, 15) is 0 Å². The van der Waals surface area contributed by atoms with Crippen LogP contribution in [0.4, 0.5) is 11.4 Å². The van der Waals surface area contributed by atoms with Gasteiger partial charge in [-0.15, -0.1) is 0 Å². The van der Waals surface area contributed by atoms with Crippen LogP contribution in [0.2, 0.25) is 0 Å². The van der Waals surface area contributed by atoms with Gasteiger partial charge in [0.2, 0.25) is 0 Å². The second-order valence-electron chi connectivity index (χ2n) is 8.35. The van der Waals surface area contributed by atoms with Gasteiger partial charge in [0.25, 0.3) is 0 Å². The predicted molar refractivity (Wildman–Crippen MR) is 338 cm³/mol. The van der Waals surface area contributed by atoms with Crippen LogP contribution in [-0.4, -0.2) is 0 Å². The van der Waals surface area contributed by atoms with Crippen LogP contribution in [0.15, 0.2) is 12.1 Å². The van der Waals surface area contributed by atoms with E-state index in [1.807, 2.05) is 186 Å². The molecule has 0 fully saturated rings. The molecule has 0 heterocycles. The van der Waals surface area contributed by atoms with Crippen molar-refractivity contribution >= 4 is 345 Å². The lowest BCUT2D eigenvalue weighted by Crippen LogP contribution is -2.18.